The van der Waals surface area contributed by atoms with Crippen molar-refractivity contribution >= 4 is 12.1 Å². The molecular weight excluding hydrogens is 162 g/mol. The minimum absolute atomic E-state index is 0. The van der Waals surface area contributed by atoms with E-state index in [1.54, 1.807) is 18.3 Å². The zero-order valence-electron chi connectivity index (χ0n) is 8.73. The van der Waals surface area contributed by atoms with E-state index in [1.807, 2.05) is 18.2 Å². The monoisotopic (exact) mass is 176 g/mol. The molecule has 0 saturated heterocycles. The van der Waals surface area contributed by atoms with Gasteiger partial charge in [0.2, 0.25) is 0 Å². The highest BCUT2D eigenvalue weighted by atomic mass is 16.1. The van der Waals surface area contributed by atoms with Crippen LogP contribution >= 0.6 is 0 Å². The van der Waals surface area contributed by atoms with E-state index in [-0.39, 0.29) is 7.33 Å². The second-order valence-electron chi connectivity index (χ2n) is 2.77. The van der Waals surface area contributed by atoms with Crippen LogP contribution in [-0.4, -0.2) is 12.1 Å². The summed E-state index contributed by atoms with van der Waals surface area (Å²) < 4.78 is 0. The number of hydrogen-bond donors (Lipinski definition) is 0. The van der Waals surface area contributed by atoms with E-state index in [9.17, 15) is 4.79 Å². The molecule has 0 fully saturated rings. The van der Waals surface area contributed by atoms with Crippen molar-refractivity contribution in [3.63, 3.8) is 0 Å². The number of rotatable bonds is 3. The summed E-state index contributed by atoms with van der Waals surface area (Å²) in [6, 6.07) is 9.09. The van der Waals surface area contributed by atoms with Crippen LogP contribution in [0.1, 0.15) is 31.6 Å². The van der Waals surface area contributed by atoms with Crippen molar-refractivity contribution in [1.82, 2.24) is 0 Å². The minimum atomic E-state index is -0.158. The number of carbonyl (C=O) groups excluding carboxylic acids is 1. The summed E-state index contributed by atoms with van der Waals surface area (Å²) in [4.78, 5) is 15.1. The van der Waals surface area contributed by atoms with Crippen molar-refractivity contribution in [3.8, 4) is 0 Å². The predicted molar refractivity (Wildman–Crippen MR) is 55.3 cm³/mol. The summed E-state index contributed by atoms with van der Waals surface area (Å²) in [7, 11) is 0. The van der Waals surface area contributed by atoms with Gasteiger partial charge in [0, 0.05) is 11.8 Å². The summed E-state index contributed by atoms with van der Waals surface area (Å²) in [5.74, 6) is -0.158. The Labute approximate surface area is 79.8 Å². The Balaban J connectivity index is 0.00000169. The molecule has 1 rings (SSSR count). The van der Waals surface area contributed by atoms with Crippen LogP contribution < -0.4 is 0 Å². The topological polar surface area (TPSA) is 29.4 Å². The average Bonchev–Trinajstić information content (AvgIpc) is 2.19. The third-order valence-corrected chi connectivity index (χ3v) is 1.65. The normalized spacial score (nSPS) is 10.5. The largest absolute Gasteiger partial charge is 1.00 e. The third kappa shape index (κ3) is 3.20. The summed E-state index contributed by atoms with van der Waals surface area (Å²) in [5, 5.41) is 0. The van der Waals surface area contributed by atoms with Gasteiger partial charge in [-0.1, -0.05) is 31.5 Å². The molecule has 2 heteroatoms. The highest BCUT2D eigenvalue weighted by Gasteiger charge is 1.99. The Hall–Kier alpha value is -1.44. The lowest BCUT2D eigenvalue weighted by molar-refractivity contribution is 0.100. The van der Waals surface area contributed by atoms with Crippen LogP contribution in [0.2, 0.25) is 0 Å². The van der Waals surface area contributed by atoms with Crippen molar-refractivity contribution in [1.29, 1.82) is 0 Å². The first-order valence-corrected chi connectivity index (χ1v) is 4.46. The third-order valence-electron chi connectivity index (χ3n) is 1.65. The van der Waals surface area contributed by atoms with Gasteiger partial charge in [0.05, 0.1) is 0 Å². The van der Waals surface area contributed by atoms with Crippen molar-refractivity contribution in [3.05, 3.63) is 35.9 Å². The quantitative estimate of drug-likeness (QED) is 0.651. The standard InChI is InChI=1S/C11H13NO/c1-2-3-9-12-11(13)10-7-5-4-6-8-10/h4-9H,2-3H2,1H3/p+1. The van der Waals surface area contributed by atoms with Gasteiger partial charge in [0.1, 0.15) is 0 Å². The maximum atomic E-state index is 11.3. The van der Waals surface area contributed by atoms with Gasteiger partial charge in [0.15, 0.2) is 0 Å². The van der Waals surface area contributed by atoms with Gasteiger partial charge in [-0.3, -0.25) is 4.79 Å². The molecule has 0 aliphatic carbocycles. The highest BCUT2D eigenvalue weighted by molar-refractivity contribution is 5.98. The number of benzene rings is 1. The first-order chi connectivity index (χ1) is 6.34. The van der Waals surface area contributed by atoms with E-state index >= 15 is 0 Å². The molecule has 2 nitrogen and oxygen atoms in total. The molecule has 0 radical (unpaired) electrons. The Bertz CT molecular complexity index is 295. The molecule has 0 spiro atoms. The van der Waals surface area contributed by atoms with Crippen LogP contribution in [0.4, 0.5) is 0 Å². The van der Waals surface area contributed by atoms with Gasteiger partial charge in [-0.05, 0) is 18.6 Å². The molecule has 13 heavy (non-hydrogen) atoms. The first-order valence-electron chi connectivity index (χ1n) is 4.46. The van der Waals surface area contributed by atoms with E-state index < -0.39 is 0 Å². The van der Waals surface area contributed by atoms with Crippen molar-refractivity contribution in [2.75, 3.05) is 0 Å². The smallest absolute Gasteiger partial charge is 0.267 e. The molecule has 0 heterocycles. The van der Waals surface area contributed by atoms with Gasteiger partial charge < -0.3 is 0 Å². The van der Waals surface area contributed by atoms with Gasteiger partial charge >= 0.3 is 1.43 Å². The molecule has 0 saturated carbocycles. The number of aliphatic imine (C=N–C) groups is 1. The molecule has 0 aliphatic rings. The Morgan fingerprint density at radius 1 is 1.46 bits per heavy atom. The van der Waals surface area contributed by atoms with Gasteiger partial charge in [-0.15, -0.1) is 0 Å². The molecule has 0 unspecified atom stereocenters. The van der Waals surface area contributed by atoms with E-state index in [4.69, 9.17) is 0 Å². The van der Waals surface area contributed by atoms with Crippen LogP contribution in [0.25, 0.3) is 0 Å². The fraction of sp³-hybridized carbons (Fsp3) is 0.273. The molecule has 0 aliphatic heterocycles. The number of hydrogen-bond acceptors (Lipinski definition) is 1. The minimum Gasteiger partial charge on any atom is -0.267 e. The van der Waals surface area contributed by atoms with Gasteiger partial charge in [-0.2, -0.15) is 0 Å². The van der Waals surface area contributed by atoms with E-state index in [0.29, 0.717) is 5.56 Å². The second-order valence-corrected chi connectivity index (χ2v) is 2.77. The fourth-order valence-electron chi connectivity index (χ4n) is 0.932. The SMILES string of the molecule is CCCC=NC(=O)c1ccccc1.[H+]. The van der Waals surface area contributed by atoms with E-state index in [0.717, 1.165) is 12.8 Å². The lowest BCUT2D eigenvalue weighted by Gasteiger charge is -1.92. The van der Waals surface area contributed by atoms with Crippen LogP contribution in [0.5, 0.6) is 0 Å². The van der Waals surface area contributed by atoms with Crippen LogP contribution in [0, 0.1) is 0 Å². The number of unbranched alkanes of at least 4 members (excludes halogenated alkanes) is 1. The maximum absolute atomic E-state index is 11.3. The zero-order valence-corrected chi connectivity index (χ0v) is 7.73. The lowest BCUT2D eigenvalue weighted by Crippen LogP contribution is -1.94. The summed E-state index contributed by atoms with van der Waals surface area (Å²) in [5.41, 5.74) is 0.648. The molecular formula is C11H14NO+. The maximum Gasteiger partial charge on any atom is 1.00 e. The van der Waals surface area contributed by atoms with E-state index in [2.05, 4.69) is 11.9 Å². The molecule has 0 N–H and O–H groups in total. The number of nitrogens with zero attached hydrogens (tertiary/aromatic N) is 1. The molecule has 1 aromatic rings. The molecule has 1 amide bonds. The second kappa shape index (κ2) is 5.25. The van der Waals surface area contributed by atoms with Gasteiger partial charge in [-0.25, -0.2) is 4.99 Å². The molecule has 68 valence electrons. The fourth-order valence-corrected chi connectivity index (χ4v) is 0.932. The summed E-state index contributed by atoms with van der Waals surface area (Å²) >= 11 is 0. The van der Waals surface area contributed by atoms with Crippen LogP contribution in [0.15, 0.2) is 35.3 Å². The average molecular weight is 176 g/mol. The Morgan fingerprint density at radius 3 is 2.77 bits per heavy atom. The Morgan fingerprint density at radius 2 is 2.15 bits per heavy atom. The number of carbonyl (C=O) groups is 1. The first kappa shape index (κ1) is 9.65. The van der Waals surface area contributed by atoms with Crippen LogP contribution in [0.3, 0.4) is 0 Å². The number of amides is 1. The van der Waals surface area contributed by atoms with Crippen molar-refractivity contribution in [2.24, 2.45) is 4.99 Å². The van der Waals surface area contributed by atoms with Crippen molar-refractivity contribution in [2.45, 2.75) is 19.8 Å². The molecule has 0 atom stereocenters. The summed E-state index contributed by atoms with van der Waals surface area (Å²) in [6.45, 7) is 2.05. The molecule has 0 bridgehead atoms. The molecule has 0 aromatic heterocycles. The lowest BCUT2D eigenvalue weighted by atomic mass is 10.2. The Kier molecular flexibility index (Phi) is 3.89. The zero-order chi connectivity index (χ0) is 9.52. The van der Waals surface area contributed by atoms with Crippen LogP contribution in [-0.2, 0) is 0 Å². The predicted octanol–water partition coefficient (Wildman–Crippen LogP) is 2.81. The highest BCUT2D eigenvalue weighted by Crippen LogP contribution is 2.00. The van der Waals surface area contributed by atoms with Crippen molar-refractivity contribution < 1.29 is 6.22 Å². The van der Waals surface area contributed by atoms with E-state index in [1.165, 1.54) is 0 Å². The van der Waals surface area contributed by atoms with Gasteiger partial charge in [0.25, 0.3) is 5.91 Å². The molecule has 1 aromatic carbocycles. The summed E-state index contributed by atoms with van der Waals surface area (Å²) in [6.07, 6.45) is 3.56.